The zero-order valence-corrected chi connectivity index (χ0v) is 10.1. The Bertz CT molecular complexity index is 411. The highest BCUT2D eigenvalue weighted by molar-refractivity contribution is 7.90. The molecule has 0 aliphatic heterocycles. The fourth-order valence-electron chi connectivity index (χ4n) is 1.57. The van der Waals surface area contributed by atoms with E-state index in [-0.39, 0.29) is 11.8 Å². The third-order valence-electron chi connectivity index (χ3n) is 2.12. The Morgan fingerprint density at radius 2 is 2.27 bits per heavy atom. The van der Waals surface area contributed by atoms with Gasteiger partial charge in [0, 0.05) is 25.0 Å². The SMILES string of the molecule is CNCc1cncn1C(C)CS(C)(=O)=O. The zero-order chi connectivity index (χ0) is 11.5. The highest BCUT2D eigenvalue weighted by atomic mass is 32.2. The van der Waals surface area contributed by atoms with Crippen LogP contribution < -0.4 is 5.32 Å². The number of nitrogens with one attached hydrogen (secondary N) is 1. The number of nitrogens with zero attached hydrogens (tertiary/aromatic N) is 2. The molecule has 6 heteroatoms. The lowest BCUT2D eigenvalue weighted by molar-refractivity contribution is 0.543. The van der Waals surface area contributed by atoms with E-state index in [0.717, 1.165) is 5.69 Å². The average molecular weight is 231 g/mol. The van der Waals surface area contributed by atoms with Gasteiger partial charge < -0.3 is 9.88 Å². The molecule has 0 saturated carbocycles. The molecular formula is C9H17N3O2S. The van der Waals surface area contributed by atoms with Crippen LogP contribution in [0.15, 0.2) is 12.5 Å². The van der Waals surface area contributed by atoms with Gasteiger partial charge in [-0.3, -0.25) is 0 Å². The molecule has 0 fully saturated rings. The first-order valence-electron chi connectivity index (χ1n) is 4.77. The van der Waals surface area contributed by atoms with Crippen molar-refractivity contribution in [2.45, 2.75) is 19.5 Å². The van der Waals surface area contributed by atoms with Crippen molar-refractivity contribution in [3.05, 3.63) is 18.2 Å². The molecule has 0 aromatic carbocycles. The van der Waals surface area contributed by atoms with Crippen molar-refractivity contribution in [2.75, 3.05) is 19.1 Å². The Labute approximate surface area is 90.4 Å². The summed E-state index contributed by atoms with van der Waals surface area (Å²) in [7, 11) is -1.10. The van der Waals surface area contributed by atoms with E-state index in [2.05, 4.69) is 10.3 Å². The Balaban J connectivity index is 2.81. The predicted octanol–water partition coefficient (Wildman–Crippen LogP) is 0.208. The first kappa shape index (κ1) is 12.2. The molecule has 0 spiro atoms. The topological polar surface area (TPSA) is 64.0 Å². The Hall–Kier alpha value is -0.880. The lowest BCUT2D eigenvalue weighted by Crippen LogP contribution is -2.19. The second kappa shape index (κ2) is 4.76. The van der Waals surface area contributed by atoms with E-state index in [1.165, 1.54) is 6.26 Å². The number of rotatable bonds is 5. The monoisotopic (exact) mass is 231 g/mol. The normalized spacial score (nSPS) is 14.1. The van der Waals surface area contributed by atoms with Gasteiger partial charge in [-0.15, -0.1) is 0 Å². The molecule has 1 unspecified atom stereocenters. The van der Waals surface area contributed by atoms with Crippen LogP contribution in [0.25, 0.3) is 0 Å². The Morgan fingerprint density at radius 1 is 1.60 bits per heavy atom. The van der Waals surface area contributed by atoms with Crippen molar-refractivity contribution in [1.82, 2.24) is 14.9 Å². The van der Waals surface area contributed by atoms with Crippen molar-refractivity contribution < 1.29 is 8.42 Å². The van der Waals surface area contributed by atoms with Gasteiger partial charge in [-0.05, 0) is 14.0 Å². The molecule has 86 valence electrons. The fourth-order valence-corrected chi connectivity index (χ4v) is 2.60. The second-order valence-corrected chi connectivity index (χ2v) is 5.95. The summed E-state index contributed by atoms with van der Waals surface area (Å²) in [4.78, 5) is 4.02. The molecule has 0 aliphatic rings. The van der Waals surface area contributed by atoms with Crippen molar-refractivity contribution in [2.24, 2.45) is 0 Å². The number of imidazole rings is 1. The first-order valence-corrected chi connectivity index (χ1v) is 6.83. The van der Waals surface area contributed by atoms with Crippen LogP contribution in [0.3, 0.4) is 0 Å². The highest BCUT2D eigenvalue weighted by Crippen LogP contribution is 2.11. The number of hydrogen-bond acceptors (Lipinski definition) is 4. The van der Waals surface area contributed by atoms with Gasteiger partial charge in [0.2, 0.25) is 0 Å². The molecule has 5 nitrogen and oxygen atoms in total. The van der Waals surface area contributed by atoms with Crippen molar-refractivity contribution in [1.29, 1.82) is 0 Å². The van der Waals surface area contributed by atoms with E-state index >= 15 is 0 Å². The molecular weight excluding hydrogens is 214 g/mol. The summed E-state index contributed by atoms with van der Waals surface area (Å²) in [6, 6.07) is -0.0779. The van der Waals surface area contributed by atoms with Crippen LogP contribution in [0.4, 0.5) is 0 Å². The van der Waals surface area contributed by atoms with Crippen molar-refractivity contribution in [3.63, 3.8) is 0 Å². The molecule has 0 amide bonds. The van der Waals surface area contributed by atoms with Crippen LogP contribution in [0.5, 0.6) is 0 Å². The Kier molecular flexibility index (Phi) is 3.87. The minimum atomic E-state index is -2.95. The van der Waals surface area contributed by atoms with E-state index in [1.807, 2.05) is 18.5 Å². The maximum atomic E-state index is 11.2. The van der Waals surface area contributed by atoms with Gasteiger partial charge in [0.1, 0.15) is 9.84 Å². The number of hydrogen-bond donors (Lipinski definition) is 1. The van der Waals surface area contributed by atoms with Gasteiger partial charge in [-0.2, -0.15) is 0 Å². The lowest BCUT2D eigenvalue weighted by atomic mass is 10.3. The van der Waals surface area contributed by atoms with Crippen LogP contribution >= 0.6 is 0 Å². The second-order valence-electron chi connectivity index (χ2n) is 3.76. The number of sulfone groups is 1. The lowest BCUT2D eigenvalue weighted by Gasteiger charge is -2.15. The van der Waals surface area contributed by atoms with E-state index in [9.17, 15) is 8.42 Å². The third kappa shape index (κ3) is 3.64. The minimum absolute atomic E-state index is 0.0779. The molecule has 1 N–H and O–H groups in total. The highest BCUT2D eigenvalue weighted by Gasteiger charge is 2.14. The fraction of sp³-hybridized carbons (Fsp3) is 0.667. The van der Waals surface area contributed by atoms with Crippen molar-refractivity contribution >= 4 is 9.84 Å². The van der Waals surface area contributed by atoms with Gasteiger partial charge in [-0.25, -0.2) is 13.4 Å². The van der Waals surface area contributed by atoms with E-state index < -0.39 is 9.84 Å². The molecule has 1 heterocycles. The van der Waals surface area contributed by atoms with E-state index in [1.54, 1.807) is 12.5 Å². The molecule has 0 aliphatic carbocycles. The summed E-state index contributed by atoms with van der Waals surface area (Å²) in [6.07, 6.45) is 4.66. The molecule has 1 atom stereocenters. The molecule has 1 aromatic heterocycles. The summed E-state index contributed by atoms with van der Waals surface area (Å²) in [5.74, 6) is 0.139. The van der Waals surface area contributed by atoms with Crippen LogP contribution in [0.1, 0.15) is 18.7 Å². The molecule has 15 heavy (non-hydrogen) atoms. The summed E-state index contributed by atoms with van der Waals surface area (Å²) in [6.45, 7) is 2.57. The average Bonchev–Trinajstić information content (AvgIpc) is 2.49. The molecule has 1 rings (SSSR count). The number of aromatic nitrogens is 2. The van der Waals surface area contributed by atoms with Crippen LogP contribution in [0, 0.1) is 0 Å². The molecule has 1 aromatic rings. The van der Waals surface area contributed by atoms with Crippen molar-refractivity contribution in [3.8, 4) is 0 Å². The third-order valence-corrected chi connectivity index (χ3v) is 3.21. The predicted molar refractivity (Wildman–Crippen MR) is 59.4 cm³/mol. The summed E-state index contributed by atoms with van der Waals surface area (Å²) >= 11 is 0. The quantitative estimate of drug-likeness (QED) is 0.786. The summed E-state index contributed by atoms with van der Waals surface area (Å²) in [5.41, 5.74) is 0.994. The van der Waals surface area contributed by atoms with Crippen LogP contribution in [0.2, 0.25) is 0 Å². The van der Waals surface area contributed by atoms with Gasteiger partial charge >= 0.3 is 0 Å². The van der Waals surface area contributed by atoms with Gasteiger partial charge in [0.15, 0.2) is 0 Å². The largest absolute Gasteiger partial charge is 0.330 e. The zero-order valence-electron chi connectivity index (χ0n) is 9.27. The van der Waals surface area contributed by atoms with E-state index in [4.69, 9.17) is 0 Å². The molecule has 0 radical (unpaired) electrons. The summed E-state index contributed by atoms with van der Waals surface area (Å²) < 4.78 is 24.2. The van der Waals surface area contributed by atoms with E-state index in [0.29, 0.717) is 6.54 Å². The minimum Gasteiger partial charge on any atom is -0.330 e. The maximum Gasteiger partial charge on any atom is 0.149 e. The summed E-state index contributed by atoms with van der Waals surface area (Å²) in [5, 5.41) is 3.02. The van der Waals surface area contributed by atoms with Gasteiger partial charge in [0.05, 0.1) is 17.8 Å². The maximum absolute atomic E-state index is 11.2. The molecule has 0 saturated heterocycles. The standard InChI is InChI=1S/C9H17N3O2S/c1-8(6-15(3,13)14)12-7-11-5-9(12)4-10-2/h5,7-8,10H,4,6H2,1-3H3. The van der Waals surface area contributed by atoms with Crippen LogP contribution in [-0.2, 0) is 16.4 Å². The molecule has 0 bridgehead atoms. The Morgan fingerprint density at radius 3 is 2.80 bits per heavy atom. The smallest absolute Gasteiger partial charge is 0.149 e. The van der Waals surface area contributed by atoms with Crippen LogP contribution in [-0.4, -0.2) is 37.0 Å². The van der Waals surface area contributed by atoms with Gasteiger partial charge in [0.25, 0.3) is 0 Å². The first-order chi connectivity index (χ1) is 6.94. The van der Waals surface area contributed by atoms with Gasteiger partial charge in [-0.1, -0.05) is 0 Å².